The predicted molar refractivity (Wildman–Crippen MR) is 310 cm³/mol. The molecule has 11 nitrogen and oxygen atoms in total. The van der Waals surface area contributed by atoms with E-state index in [-0.39, 0.29) is 23.1 Å². The van der Waals surface area contributed by atoms with Crippen LogP contribution in [0, 0.1) is 40.6 Å². The summed E-state index contributed by atoms with van der Waals surface area (Å²) in [4.78, 5) is 11.3. The number of para-hydroxylation sites is 6. The number of aryl methyl sites for hydroxylation is 8. The number of carbonyl (C=O) groups excluding carboxylic acids is 1. The van der Waals surface area contributed by atoms with Gasteiger partial charge in [0.25, 0.3) is 17.4 Å². The quantitative estimate of drug-likeness (QED) is 0.0821. The molecule has 0 aliphatic heterocycles. The summed E-state index contributed by atoms with van der Waals surface area (Å²) < 4.78 is 127. The number of ketones is 1. The van der Waals surface area contributed by atoms with Crippen LogP contribution in [-0.4, -0.2) is 35.5 Å². The standard InChI is InChI=1S/C15H14NO.C14H10F8N2.C13H15N2O.C12H15N2.C11H12ClN2/c1-11-7-3-4-8-12(11)15-16(2)13-9-5-6-10-14(13)17-15;1-12(16,17)7-13(18,19)10-9(14(20,21)22)11(15)24(23-10)8-5-3-2-4-6-8;1-10-6-4-5-7-13(10)15-9-12(11(2)16)8-14(15)3;1-10-6-4-5-7-12(10)14-9-8-11(2)13(14)3;1-9-5-3-4-6-11(9)14-8-10(12)7-13(14)2/h3-10H,1-2H3;2-6H,7H2,1H3;4-9H,1-3H3;4-9H,1-3H3;3-8H,1-2H3/q+1;;3*+1. The van der Waals surface area contributed by atoms with Crippen LogP contribution < -0.4 is 18.6 Å². The second kappa shape index (κ2) is 26.7. The molecule has 6 aromatic carbocycles. The molecule has 20 heteroatoms. The van der Waals surface area contributed by atoms with Gasteiger partial charge in [0.15, 0.2) is 19.9 Å². The number of hydrogen-bond donors (Lipinski definition) is 0. The number of fused-ring (bicyclic) bond motifs is 1. The molecule has 0 saturated carbocycles. The number of benzene rings is 6. The Hall–Kier alpha value is -8.97. The number of nitrogens with zero attached hydrogens (tertiary/aromatic N) is 9. The number of hydrogen-bond acceptors (Lipinski definition) is 3. The third-order valence-electron chi connectivity index (χ3n) is 13.7. The SMILES string of the molecule is CC(=O)c1cn(-c2ccccc2C)[n+](C)c1.CC(F)(F)CC(F)(F)c1nn(-c2ccccc2)c(F)c1C(F)(F)F.Cc1ccccc1-[n+]1ccc(C)n1C.Cc1ccccc1-c1oc2ccccc2[n+]1C.Cc1ccccc1-n1cc(Cl)c[n+]1C. The Morgan fingerprint density at radius 3 is 1.65 bits per heavy atom. The maximum atomic E-state index is 14.1. The van der Waals surface area contributed by atoms with Gasteiger partial charge in [-0.3, -0.25) is 4.79 Å². The highest BCUT2D eigenvalue weighted by Gasteiger charge is 2.52. The van der Waals surface area contributed by atoms with E-state index in [1.54, 1.807) is 6.92 Å². The first-order valence-electron chi connectivity index (χ1n) is 26.7. The van der Waals surface area contributed by atoms with Crippen LogP contribution >= 0.6 is 11.6 Å². The molecular formula is C65H66ClF8N9O2+4. The van der Waals surface area contributed by atoms with Gasteiger partial charge in [-0.05, 0) is 102 Å². The van der Waals surface area contributed by atoms with Gasteiger partial charge in [-0.15, -0.1) is 18.7 Å². The summed E-state index contributed by atoms with van der Waals surface area (Å²) in [7, 11) is 8.01. The Balaban J connectivity index is 0.000000154. The van der Waals surface area contributed by atoms with Crippen molar-refractivity contribution in [2.75, 3.05) is 0 Å². The third kappa shape index (κ3) is 15.4. The second-order valence-corrected chi connectivity index (χ2v) is 20.8. The van der Waals surface area contributed by atoms with Crippen molar-refractivity contribution in [3.05, 3.63) is 244 Å². The van der Waals surface area contributed by atoms with E-state index in [0.717, 1.165) is 56.6 Å². The van der Waals surface area contributed by atoms with Crippen molar-refractivity contribution in [2.45, 2.75) is 72.9 Å². The molecule has 11 aromatic rings. The normalized spacial score (nSPS) is 11.4. The molecule has 5 aromatic heterocycles. The molecule has 0 amide bonds. The van der Waals surface area contributed by atoms with E-state index in [0.29, 0.717) is 0 Å². The first kappa shape index (κ1) is 63.6. The molecule has 0 fully saturated rings. The molecule has 0 spiro atoms. The zero-order valence-corrected chi connectivity index (χ0v) is 49.6. The monoisotopic (exact) mass is 1190 g/mol. The van der Waals surface area contributed by atoms with E-state index in [9.17, 15) is 39.9 Å². The summed E-state index contributed by atoms with van der Waals surface area (Å²) >= 11 is 5.93. The van der Waals surface area contributed by atoms with Crippen molar-refractivity contribution >= 4 is 28.5 Å². The lowest BCUT2D eigenvalue weighted by Gasteiger charge is -2.20. The predicted octanol–water partition coefficient (Wildman–Crippen LogP) is 14.4. The minimum atomic E-state index is -5.53. The van der Waals surface area contributed by atoms with Crippen LogP contribution in [0.3, 0.4) is 0 Å². The summed E-state index contributed by atoms with van der Waals surface area (Å²) in [5.74, 6) is -9.75. The molecule has 0 bridgehead atoms. The maximum Gasteiger partial charge on any atom is 0.422 e. The van der Waals surface area contributed by atoms with E-state index >= 15 is 0 Å². The van der Waals surface area contributed by atoms with Crippen LogP contribution in [0.5, 0.6) is 0 Å². The Kier molecular flexibility index (Phi) is 20.0. The average Bonchev–Trinajstić information content (AvgIpc) is 2.00. The average molecular weight is 1190 g/mol. The molecule has 442 valence electrons. The molecule has 0 unspecified atom stereocenters. The van der Waals surface area contributed by atoms with Crippen molar-refractivity contribution in [3.63, 3.8) is 0 Å². The van der Waals surface area contributed by atoms with Crippen molar-refractivity contribution in [1.29, 1.82) is 0 Å². The Morgan fingerprint density at radius 1 is 0.635 bits per heavy atom. The lowest BCUT2D eigenvalue weighted by molar-refractivity contribution is -0.744. The number of Topliss-reactive ketones (excluding diaryl/α,β-unsaturated/α-hetero) is 1. The first-order chi connectivity index (χ1) is 40.1. The molecule has 0 aliphatic rings. The van der Waals surface area contributed by atoms with Gasteiger partial charge in [0.05, 0.1) is 42.8 Å². The van der Waals surface area contributed by atoms with Crippen LogP contribution in [0.15, 0.2) is 193 Å². The molecule has 0 N–H and O–H groups in total. The van der Waals surface area contributed by atoms with Crippen molar-refractivity contribution < 1.29 is 62.9 Å². The smallest absolute Gasteiger partial charge is 0.398 e. The number of rotatable bonds is 9. The van der Waals surface area contributed by atoms with Crippen molar-refractivity contribution in [1.82, 2.24) is 23.8 Å². The van der Waals surface area contributed by atoms with Crippen LogP contribution in [0.4, 0.5) is 35.1 Å². The molecular weight excluding hydrogens is 1130 g/mol. The summed E-state index contributed by atoms with van der Waals surface area (Å²) in [6.45, 7) is 12.2. The highest BCUT2D eigenvalue weighted by atomic mass is 35.5. The zero-order chi connectivity index (χ0) is 62.1. The lowest BCUT2D eigenvalue weighted by Crippen LogP contribution is -2.39. The molecule has 0 atom stereocenters. The molecule has 0 saturated heterocycles. The fourth-order valence-electron chi connectivity index (χ4n) is 9.19. The molecule has 0 radical (unpaired) electrons. The Bertz CT molecular complexity index is 4030. The maximum absolute atomic E-state index is 14.1. The fraction of sp³-hybridized carbons (Fsp3) is 0.231. The van der Waals surface area contributed by atoms with Gasteiger partial charge in [-0.1, -0.05) is 119 Å². The third-order valence-corrected chi connectivity index (χ3v) is 13.9. The molecule has 85 heavy (non-hydrogen) atoms. The van der Waals surface area contributed by atoms with Gasteiger partial charge in [-0.2, -0.15) is 40.7 Å². The largest absolute Gasteiger partial charge is 0.422 e. The lowest BCUT2D eigenvalue weighted by atomic mass is 10.0. The minimum Gasteiger partial charge on any atom is -0.398 e. The van der Waals surface area contributed by atoms with Gasteiger partial charge in [0.2, 0.25) is 35.8 Å². The highest BCUT2D eigenvalue weighted by Crippen LogP contribution is 2.45. The van der Waals surface area contributed by atoms with Gasteiger partial charge >= 0.3 is 12.1 Å². The summed E-state index contributed by atoms with van der Waals surface area (Å²) in [6.07, 6.45) is 1.84. The summed E-state index contributed by atoms with van der Waals surface area (Å²) in [6, 6.07) is 49.6. The fourth-order valence-corrected chi connectivity index (χ4v) is 9.43. The number of oxazole rings is 1. The zero-order valence-electron chi connectivity index (χ0n) is 48.8. The number of carbonyl (C=O) groups is 1. The van der Waals surface area contributed by atoms with E-state index in [1.165, 1.54) is 51.8 Å². The van der Waals surface area contributed by atoms with Gasteiger partial charge in [0.1, 0.15) is 40.3 Å². The summed E-state index contributed by atoms with van der Waals surface area (Å²) in [5.41, 5.74) is 8.90. The second-order valence-electron chi connectivity index (χ2n) is 20.4. The Morgan fingerprint density at radius 2 is 1.15 bits per heavy atom. The van der Waals surface area contributed by atoms with E-state index in [1.807, 2.05) is 125 Å². The van der Waals surface area contributed by atoms with Crippen LogP contribution in [0.1, 0.15) is 69.8 Å². The van der Waals surface area contributed by atoms with Crippen molar-refractivity contribution in [3.8, 4) is 34.2 Å². The van der Waals surface area contributed by atoms with E-state index in [4.69, 9.17) is 16.0 Å². The summed E-state index contributed by atoms with van der Waals surface area (Å²) in [5, 5.41) is 3.69. The minimum absolute atomic E-state index is 0.0138. The van der Waals surface area contributed by atoms with E-state index in [2.05, 4.69) is 134 Å². The number of halogens is 9. The van der Waals surface area contributed by atoms with Crippen LogP contribution in [0.25, 0.3) is 45.3 Å². The molecule has 5 heterocycles. The van der Waals surface area contributed by atoms with Crippen LogP contribution in [0.2, 0.25) is 5.02 Å². The highest BCUT2D eigenvalue weighted by molar-refractivity contribution is 6.30. The van der Waals surface area contributed by atoms with Crippen molar-refractivity contribution in [2.24, 2.45) is 28.2 Å². The van der Waals surface area contributed by atoms with Crippen LogP contribution in [-0.2, 0) is 40.3 Å². The number of aromatic nitrogens is 9. The van der Waals surface area contributed by atoms with Gasteiger partial charge < -0.3 is 4.42 Å². The van der Waals surface area contributed by atoms with Gasteiger partial charge in [0, 0.05) is 23.8 Å². The molecule has 0 aliphatic carbocycles. The molecule has 11 rings (SSSR count). The Labute approximate surface area is 493 Å². The number of alkyl halides is 7. The topological polar surface area (TPSA) is 78.3 Å². The van der Waals surface area contributed by atoms with Gasteiger partial charge in [-0.25, -0.2) is 13.5 Å². The van der Waals surface area contributed by atoms with E-state index < -0.39 is 41.6 Å². The first-order valence-corrected chi connectivity index (χ1v) is 27.1.